The zero-order valence-electron chi connectivity index (χ0n) is 15.6. The number of carbonyl (C=O) groups excluding carboxylic acids is 1. The summed E-state index contributed by atoms with van der Waals surface area (Å²) in [5, 5.41) is 7.13. The summed E-state index contributed by atoms with van der Waals surface area (Å²) in [7, 11) is 0. The molecule has 0 spiro atoms. The molecule has 1 aromatic heterocycles. The molecule has 0 saturated carbocycles. The van der Waals surface area contributed by atoms with Gasteiger partial charge in [0.05, 0.1) is 23.5 Å². The lowest BCUT2D eigenvalue weighted by Crippen LogP contribution is -2.32. The maximum absolute atomic E-state index is 13.0. The Balaban J connectivity index is 1.60. The number of hydrogen-bond acceptors (Lipinski definition) is 3. The van der Waals surface area contributed by atoms with Crippen molar-refractivity contribution in [1.82, 2.24) is 10.2 Å². The quantitative estimate of drug-likeness (QED) is 0.772. The number of nitrogens with zero attached hydrogens (tertiary/aromatic N) is 3. The van der Waals surface area contributed by atoms with Gasteiger partial charge in [-0.3, -0.25) is 9.89 Å². The molecule has 1 amide bonds. The third-order valence-corrected chi connectivity index (χ3v) is 4.93. The van der Waals surface area contributed by atoms with Crippen molar-refractivity contribution >= 4 is 17.3 Å². The lowest BCUT2D eigenvalue weighted by atomic mass is 10.1. The van der Waals surface area contributed by atoms with Crippen LogP contribution in [0.3, 0.4) is 0 Å². The average molecular weight is 360 g/mol. The Kier molecular flexibility index (Phi) is 4.92. The lowest BCUT2D eigenvalue weighted by Gasteiger charge is -2.26. The number of benzene rings is 2. The topological polar surface area (TPSA) is 52.2 Å². The molecule has 0 radical (unpaired) electrons. The maximum atomic E-state index is 13.0. The molecule has 5 nitrogen and oxygen atoms in total. The molecule has 2 heterocycles. The zero-order valence-corrected chi connectivity index (χ0v) is 15.6. The van der Waals surface area contributed by atoms with Gasteiger partial charge in [0.15, 0.2) is 0 Å². The minimum atomic E-state index is 0.0931. The fourth-order valence-corrected chi connectivity index (χ4v) is 3.66. The van der Waals surface area contributed by atoms with E-state index in [0.717, 1.165) is 48.8 Å². The van der Waals surface area contributed by atoms with Crippen LogP contribution in [0.2, 0.25) is 0 Å². The van der Waals surface area contributed by atoms with Gasteiger partial charge in [-0.15, -0.1) is 0 Å². The fraction of sp³-hybridized carbons (Fsp3) is 0.273. The number of anilines is 2. The van der Waals surface area contributed by atoms with Crippen molar-refractivity contribution in [2.75, 3.05) is 22.9 Å². The van der Waals surface area contributed by atoms with Crippen LogP contribution in [0.15, 0.2) is 60.7 Å². The minimum Gasteiger partial charge on any atom is -0.365 e. The summed E-state index contributed by atoms with van der Waals surface area (Å²) in [6.45, 7) is 4.45. The Morgan fingerprint density at radius 1 is 1.04 bits per heavy atom. The van der Waals surface area contributed by atoms with E-state index in [0.29, 0.717) is 6.42 Å². The Labute approximate surface area is 159 Å². The molecule has 0 aliphatic carbocycles. The number of amides is 1. The molecule has 5 heteroatoms. The van der Waals surface area contributed by atoms with Gasteiger partial charge in [0.2, 0.25) is 5.91 Å². The van der Waals surface area contributed by atoms with E-state index >= 15 is 0 Å². The number of aromatic amines is 1. The molecular weight excluding hydrogens is 336 g/mol. The Morgan fingerprint density at radius 3 is 2.52 bits per heavy atom. The van der Waals surface area contributed by atoms with E-state index in [1.165, 1.54) is 5.56 Å². The second kappa shape index (κ2) is 7.66. The Hall–Kier alpha value is -3.08. The summed E-state index contributed by atoms with van der Waals surface area (Å²) in [6, 6.07) is 20.6. The average Bonchev–Trinajstić information content (AvgIpc) is 3.00. The van der Waals surface area contributed by atoms with Crippen molar-refractivity contribution in [3.8, 4) is 0 Å². The third kappa shape index (κ3) is 3.87. The van der Waals surface area contributed by atoms with Crippen LogP contribution in [-0.4, -0.2) is 29.2 Å². The fourth-order valence-electron chi connectivity index (χ4n) is 3.66. The van der Waals surface area contributed by atoms with Crippen LogP contribution in [0, 0.1) is 6.92 Å². The summed E-state index contributed by atoms with van der Waals surface area (Å²) < 4.78 is 0. The van der Waals surface area contributed by atoms with E-state index in [9.17, 15) is 4.79 Å². The highest BCUT2D eigenvalue weighted by Gasteiger charge is 2.25. The van der Waals surface area contributed by atoms with Gasteiger partial charge in [-0.1, -0.05) is 42.5 Å². The molecule has 0 unspecified atom stereocenters. The van der Waals surface area contributed by atoms with Gasteiger partial charge in [0, 0.05) is 25.3 Å². The number of carbonyl (C=O) groups is 1. The van der Waals surface area contributed by atoms with E-state index in [4.69, 9.17) is 0 Å². The van der Waals surface area contributed by atoms with E-state index in [2.05, 4.69) is 45.4 Å². The SMILES string of the molecule is Cc1cc(CC(=O)N2CCCN(Cc3ccccc3)c3ccccc32)n[nH]1. The van der Waals surface area contributed by atoms with Crippen LogP contribution in [0.5, 0.6) is 0 Å². The first-order valence-electron chi connectivity index (χ1n) is 9.40. The van der Waals surface area contributed by atoms with Crippen LogP contribution < -0.4 is 9.80 Å². The van der Waals surface area contributed by atoms with E-state index in [-0.39, 0.29) is 5.91 Å². The van der Waals surface area contributed by atoms with Crippen LogP contribution >= 0.6 is 0 Å². The number of aryl methyl sites for hydroxylation is 1. The third-order valence-electron chi connectivity index (χ3n) is 4.93. The van der Waals surface area contributed by atoms with E-state index < -0.39 is 0 Å². The minimum absolute atomic E-state index is 0.0931. The molecular formula is C22H24N4O. The molecule has 3 aromatic rings. The van der Waals surface area contributed by atoms with Gasteiger partial charge in [0.25, 0.3) is 0 Å². The summed E-state index contributed by atoms with van der Waals surface area (Å²) in [5.74, 6) is 0.0931. The molecule has 1 N–H and O–H groups in total. The second-order valence-electron chi connectivity index (χ2n) is 7.01. The first kappa shape index (κ1) is 17.3. The van der Waals surface area contributed by atoms with Gasteiger partial charge in [-0.25, -0.2) is 0 Å². The molecule has 0 fully saturated rings. The molecule has 1 aliphatic heterocycles. The summed E-state index contributed by atoms with van der Waals surface area (Å²) in [5.41, 5.74) is 5.15. The summed E-state index contributed by atoms with van der Waals surface area (Å²) >= 11 is 0. The number of para-hydroxylation sites is 2. The van der Waals surface area contributed by atoms with Crippen molar-refractivity contribution in [3.05, 3.63) is 77.6 Å². The van der Waals surface area contributed by atoms with Gasteiger partial charge in [0.1, 0.15) is 0 Å². The van der Waals surface area contributed by atoms with Crippen LogP contribution in [0.1, 0.15) is 23.4 Å². The number of fused-ring (bicyclic) bond motifs is 1. The lowest BCUT2D eigenvalue weighted by molar-refractivity contribution is -0.118. The highest BCUT2D eigenvalue weighted by molar-refractivity contribution is 5.98. The maximum Gasteiger partial charge on any atom is 0.233 e. The summed E-state index contributed by atoms with van der Waals surface area (Å²) in [4.78, 5) is 17.3. The van der Waals surface area contributed by atoms with Crippen LogP contribution in [-0.2, 0) is 17.8 Å². The normalized spacial score (nSPS) is 14.0. The van der Waals surface area contributed by atoms with Crippen molar-refractivity contribution in [3.63, 3.8) is 0 Å². The Bertz CT molecular complexity index is 919. The smallest absolute Gasteiger partial charge is 0.233 e. The standard InChI is InChI=1S/C22H24N4O/c1-17-14-19(24-23-17)15-22(27)26-13-7-12-25(16-18-8-3-2-4-9-18)20-10-5-6-11-21(20)26/h2-6,8-11,14H,7,12-13,15-16H2,1H3,(H,23,24). The number of H-pyrrole nitrogens is 1. The number of hydrogen-bond donors (Lipinski definition) is 1. The van der Waals surface area contributed by atoms with Crippen molar-refractivity contribution in [2.24, 2.45) is 0 Å². The van der Waals surface area contributed by atoms with Gasteiger partial charge < -0.3 is 9.80 Å². The van der Waals surface area contributed by atoms with Gasteiger partial charge in [-0.05, 0) is 37.1 Å². The molecule has 0 atom stereocenters. The second-order valence-corrected chi connectivity index (χ2v) is 7.01. The van der Waals surface area contributed by atoms with Crippen molar-refractivity contribution in [2.45, 2.75) is 26.3 Å². The van der Waals surface area contributed by atoms with E-state index in [1.807, 2.05) is 42.2 Å². The Morgan fingerprint density at radius 2 is 1.78 bits per heavy atom. The highest BCUT2D eigenvalue weighted by atomic mass is 16.2. The van der Waals surface area contributed by atoms with Gasteiger partial charge in [-0.2, -0.15) is 5.10 Å². The number of rotatable bonds is 4. The molecule has 0 saturated heterocycles. The van der Waals surface area contributed by atoms with Crippen LogP contribution in [0.25, 0.3) is 0 Å². The largest absolute Gasteiger partial charge is 0.365 e. The molecule has 1 aliphatic rings. The molecule has 27 heavy (non-hydrogen) atoms. The monoisotopic (exact) mass is 360 g/mol. The van der Waals surface area contributed by atoms with Gasteiger partial charge >= 0.3 is 0 Å². The first-order valence-corrected chi connectivity index (χ1v) is 9.40. The molecule has 138 valence electrons. The van der Waals surface area contributed by atoms with E-state index in [1.54, 1.807) is 0 Å². The zero-order chi connectivity index (χ0) is 18.6. The molecule has 2 aromatic carbocycles. The predicted octanol–water partition coefficient (Wildman–Crippen LogP) is 3.70. The first-order chi connectivity index (χ1) is 13.2. The van der Waals surface area contributed by atoms with Crippen LogP contribution in [0.4, 0.5) is 11.4 Å². The predicted molar refractivity (Wildman–Crippen MR) is 108 cm³/mol. The van der Waals surface area contributed by atoms with Crippen molar-refractivity contribution in [1.29, 1.82) is 0 Å². The molecule has 0 bridgehead atoms. The highest BCUT2D eigenvalue weighted by Crippen LogP contribution is 2.33. The molecule has 4 rings (SSSR count). The van der Waals surface area contributed by atoms with Crippen molar-refractivity contribution < 1.29 is 4.79 Å². The number of nitrogens with one attached hydrogen (secondary N) is 1. The number of aromatic nitrogens is 2. The summed E-state index contributed by atoms with van der Waals surface area (Å²) in [6.07, 6.45) is 1.25.